The van der Waals surface area contributed by atoms with Gasteiger partial charge in [0.1, 0.15) is 5.01 Å². The highest BCUT2D eigenvalue weighted by atomic mass is 32.1. The van der Waals surface area contributed by atoms with Crippen molar-refractivity contribution in [3.05, 3.63) is 70.7 Å². The summed E-state index contributed by atoms with van der Waals surface area (Å²) >= 11 is 3.25. The van der Waals surface area contributed by atoms with E-state index < -0.39 is 0 Å². The highest BCUT2D eigenvalue weighted by molar-refractivity contribution is 7.18. The van der Waals surface area contributed by atoms with Gasteiger partial charge in [0.2, 0.25) is 5.91 Å². The Bertz CT molecular complexity index is 991. The van der Waals surface area contributed by atoms with Crippen LogP contribution < -0.4 is 5.32 Å². The minimum atomic E-state index is 0.0264. The van der Waals surface area contributed by atoms with Gasteiger partial charge in [0.05, 0.1) is 27.5 Å². The van der Waals surface area contributed by atoms with Gasteiger partial charge in [0, 0.05) is 23.8 Å². The molecule has 2 aromatic heterocycles. The number of hydrogen-bond donors (Lipinski definition) is 1. The molecule has 4 aromatic rings. The second-order valence-corrected chi connectivity index (χ2v) is 7.84. The molecule has 2 heterocycles. The first-order valence-electron chi connectivity index (χ1n) is 8.39. The number of fused-ring (bicyclic) bond motifs is 1. The third kappa shape index (κ3) is 3.98. The standard InChI is InChI=1S/C20H17N3OS2/c24-18(10-11-19-23-16-8-4-5-9-17(16)26-19)21-12-15-13-25-20(22-15)14-6-2-1-3-7-14/h1-9,13H,10-12H2,(H,21,24). The van der Waals surface area contributed by atoms with E-state index in [-0.39, 0.29) is 5.91 Å². The summed E-state index contributed by atoms with van der Waals surface area (Å²) in [4.78, 5) is 21.3. The third-order valence-corrected chi connectivity index (χ3v) is 5.98. The van der Waals surface area contributed by atoms with Gasteiger partial charge >= 0.3 is 0 Å². The fourth-order valence-corrected chi connectivity index (χ4v) is 4.42. The number of amides is 1. The van der Waals surface area contributed by atoms with Gasteiger partial charge < -0.3 is 5.32 Å². The molecule has 0 saturated carbocycles. The normalized spacial score (nSPS) is 10.9. The van der Waals surface area contributed by atoms with E-state index in [1.807, 2.05) is 53.9 Å². The van der Waals surface area contributed by atoms with E-state index in [1.54, 1.807) is 22.7 Å². The maximum Gasteiger partial charge on any atom is 0.220 e. The number of nitrogens with one attached hydrogen (secondary N) is 1. The van der Waals surface area contributed by atoms with Crippen LogP contribution in [-0.4, -0.2) is 15.9 Å². The number of rotatable bonds is 6. The van der Waals surface area contributed by atoms with Gasteiger partial charge in [-0.05, 0) is 12.1 Å². The number of para-hydroxylation sites is 1. The zero-order valence-electron chi connectivity index (χ0n) is 14.0. The number of aromatic nitrogens is 2. The summed E-state index contributed by atoms with van der Waals surface area (Å²) < 4.78 is 1.17. The lowest BCUT2D eigenvalue weighted by Gasteiger charge is -2.02. The molecule has 4 nitrogen and oxygen atoms in total. The zero-order chi connectivity index (χ0) is 17.8. The molecule has 0 unspecified atom stereocenters. The van der Waals surface area contributed by atoms with Crippen molar-refractivity contribution in [1.82, 2.24) is 15.3 Å². The van der Waals surface area contributed by atoms with Gasteiger partial charge in [0.25, 0.3) is 0 Å². The molecule has 0 fully saturated rings. The van der Waals surface area contributed by atoms with Gasteiger partial charge in [-0.3, -0.25) is 4.79 Å². The van der Waals surface area contributed by atoms with Crippen LogP contribution in [0.25, 0.3) is 20.8 Å². The first kappa shape index (κ1) is 16.9. The molecule has 1 N–H and O–H groups in total. The molecule has 0 radical (unpaired) electrons. The quantitative estimate of drug-likeness (QED) is 0.530. The average molecular weight is 380 g/mol. The Morgan fingerprint density at radius 2 is 1.81 bits per heavy atom. The summed E-state index contributed by atoms with van der Waals surface area (Å²) in [5.74, 6) is 0.0264. The lowest BCUT2D eigenvalue weighted by Crippen LogP contribution is -2.23. The maximum atomic E-state index is 12.1. The van der Waals surface area contributed by atoms with Crippen LogP contribution in [0.4, 0.5) is 0 Å². The molecule has 0 bridgehead atoms. The van der Waals surface area contributed by atoms with Crippen LogP contribution in [0.1, 0.15) is 17.1 Å². The number of hydrogen-bond acceptors (Lipinski definition) is 5. The summed E-state index contributed by atoms with van der Waals surface area (Å²) in [6.07, 6.45) is 1.10. The summed E-state index contributed by atoms with van der Waals surface area (Å²) in [5, 5.41) is 6.92. The van der Waals surface area contributed by atoms with Gasteiger partial charge in [-0.2, -0.15) is 0 Å². The Labute approximate surface area is 159 Å². The summed E-state index contributed by atoms with van der Waals surface area (Å²) in [7, 11) is 0. The predicted molar refractivity (Wildman–Crippen MR) is 107 cm³/mol. The topological polar surface area (TPSA) is 54.9 Å². The molecule has 26 heavy (non-hydrogen) atoms. The summed E-state index contributed by atoms with van der Waals surface area (Å²) in [5.41, 5.74) is 3.00. The minimum absolute atomic E-state index is 0.0264. The van der Waals surface area contributed by atoms with Gasteiger partial charge in [0.15, 0.2) is 0 Å². The van der Waals surface area contributed by atoms with E-state index in [0.29, 0.717) is 19.4 Å². The summed E-state index contributed by atoms with van der Waals surface area (Å²) in [6.45, 7) is 0.460. The first-order chi connectivity index (χ1) is 12.8. The lowest BCUT2D eigenvalue weighted by molar-refractivity contribution is -0.121. The molecule has 0 aliphatic heterocycles. The molecule has 2 aromatic carbocycles. The van der Waals surface area contributed by atoms with E-state index in [0.717, 1.165) is 26.8 Å². The zero-order valence-corrected chi connectivity index (χ0v) is 15.6. The fraction of sp³-hybridized carbons (Fsp3) is 0.150. The van der Waals surface area contributed by atoms with Crippen LogP contribution in [0.2, 0.25) is 0 Å². The number of carbonyl (C=O) groups is 1. The van der Waals surface area contributed by atoms with Gasteiger partial charge in [-0.25, -0.2) is 9.97 Å². The second-order valence-electron chi connectivity index (χ2n) is 5.86. The van der Waals surface area contributed by atoms with Gasteiger partial charge in [-0.1, -0.05) is 42.5 Å². The lowest BCUT2D eigenvalue weighted by atomic mass is 10.2. The van der Waals surface area contributed by atoms with Crippen molar-refractivity contribution in [1.29, 1.82) is 0 Å². The number of benzene rings is 2. The minimum Gasteiger partial charge on any atom is -0.350 e. The predicted octanol–water partition coefficient (Wildman–Crippen LogP) is 4.67. The van der Waals surface area contributed by atoms with Crippen molar-refractivity contribution in [2.45, 2.75) is 19.4 Å². The fourth-order valence-electron chi connectivity index (χ4n) is 2.63. The first-order valence-corrected chi connectivity index (χ1v) is 10.1. The number of thiazole rings is 2. The molecule has 0 aliphatic carbocycles. The highest BCUT2D eigenvalue weighted by Crippen LogP contribution is 2.24. The van der Waals surface area contributed by atoms with E-state index in [9.17, 15) is 4.79 Å². The van der Waals surface area contributed by atoms with Gasteiger partial charge in [-0.15, -0.1) is 22.7 Å². The van der Waals surface area contributed by atoms with Crippen LogP contribution in [-0.2, 0) is 17.8 Å². The van der Waals surface area contributed by atoms with Crippen molar-refractivity contribution in [3.63, 3.8) is 0 Å². The molecule has 130 valence electrons. The van der Waals surface area contributed by atoms with Crippen molar-refractivity contribution in [2.75, 3.05) is 0 Å². The largest absolute Gasteiger partial charge is 0.350 e. The van der Waals surface area contributed by atoms with Crippen LogP contribution in [0.3, 0.4) is 0 Å². The monoisotopic (exact) mass is 379 g/mol. The molecule has 0 atom stereocenters. The molecule has 4 rings (SSSR count). The Balaban J connectivity index is 1.29. The van der Waals surface area contributed by atoms with Crippen molar-refractivity contribution < 1.29 is 4.79 Å². The van der Waals surface area contributed by atoms with Crippen LogP contribution in [0, 0.1) is 0 Å². The third-order valence-electron chi connectivity index (χ3n) is 3.94. The summed E-state index contributed by atoms with van der Waals surface area (Å²) in [6, 6.07) is 18.1. The van der Waals surface area contributed by atoms with E-state index in [1.165, 1.54) is 4.70 Å². The van der Waals surface area contributed by atoms with Crippen LogP contribution >= 0.6 is 22.7 Å². The number of aryl methyl sites for hydroxylation is 1. The van der Waals surface area contributed by atoms with Crippen LogP contribution in [0.5, 0.6) is 0 Å². The Hall–Kier alpha value is -2.57. The van der Waals surface area contributed by atoms with Crippen molar-refractivity contribution >= 4 is 38.8 Å². The van der Waals surface area contributed by atoms with Crippen LogP contribution in [0.15, 0.2) is 60.0 Å². The maximum absolute atomic E-state index is 12.1. The molecular weight excluding hydrogens is 362 g/mol. The smallest absolute Gasteiger partial charge is 0.220 e. The molecule has 0 saturated heterocycles. The Kier molecular flexibility index (Phi) is 5.04. The van der Waals surface area contributed by atoms with Crippen molar-refractivity contribution in [3.8, 4) is 10.6 Å². The Morgan fingerprint density at radius 1 is 1.00 bits per heavy atom. The second kappa shape index (κ2) is 7.76. The Morgan fingerprint density at radius 3 is 2.65 bits per heavy atom. The number of nitrogens with zero attached hydrogens (tertiary/aromatic N) is 2. The average Bonchev–Trinajstić information content (AvgIpc) is 3.32. The molecular formula is C20H17N3OS2. The molecule has 6 heteroatoms. The van der Waals surface area contributed by atoms with E-state index >= 15 is 0 Å². The SMILES string of the molecule is O=C(CCc1nc2ccccc2s1)NCc1csc(-c2ccccc2)n1. The highest BCUT2D eigenvalue weighted by Gasteiger charge is 2.09. The van der Waals surface area contributed by atoms with Crippen molar-refractivity contribution in [2.24, 2.45) is 0 Å². The number of carbonyl (C=O) groups excluding carboxylic acids is 1. The molecule has 0 aliphatic rings. The molecule has 0 spiro atoms. The van der Waals surface area contributed by atoms with E-state index in [4.69, 9.17) is 0 Å². The van der Waals surface area contributed by atoms with E-state index in [2.05, 4.69) is 21.4 Å². The molecule has 1 amide bonds.